The minimum atomic E-state index is -0.285. The van der Waals surface area contributed by atoms with Gasteiger partial charge in [-0.15, -0.1) is 0 Å². The van der Waals surface area contributed by atoms with Crippen LogP contribution in [0.15, 0.2) is 12.3 Å². The van der Waals surface area contributed by atoms with Crippen LogP contribution in [0, 0.1) is 12.2 Å². The van der Waals surface area contributed by atoms with Crippen molar-refractivity contribution in [3.05, 3.63) is 30.1 Å². The fourth-order valence-electron chi connectivity index (χ4n) is 1.94. The summed E-state index contributed by atoms with van der Waals surface area (Å²) in [6.45, 7) is 0. The van der Waals surface area contributed by atoms with Crippen LogP contribution in [0.3, 0.4) is 0 Å². The number of pyridine rings is 1. The predicted octanol–water partition coefficient (Wildman–Crippen LogP) is 2.70. The first-order chi connectivity index (χ1) is 6.81. The summed E-state index contributed by atoms with van der Waals surface area (Å²) in [5.74, 6) is 0.660. The summed E-state index contributed by atoms with van der Waals surface area (Å²) in [4.78, 5) is 3.93. The molecule has 1 unspecified atom stereocenters. The highest BCUT2D eigenvalue weighted by molar-refractivity contribution is 5.31. The molecule has 1 fully saturated rings. The van der Waals surface area contributed by atoms with Gasteiger partial charge in [0.15, 0.2) is 0 Å². The van der Waals surface area contributed by atoms with E-state index < -0.39 is 0 Å². The molecule has 1 saturated carbocycles. The van der Waals surface area contributed by atoms with Crippen molar-refractivity contribution in [1.82, 2.24) is 4.98 Å². The largest absolute Gasteiger partial charge is 0.481 e. The van der Waals surface area contributed by atoms with Gasteiger partial charge in [0.25, 0.3) is 0 Å². The third kappa shape index (κ3) is 1.72. The topological polar surface area (TPSA) is 22.1 Å². The van der Waals surface area contributed by atoms with Gasteiger partial charge >= 0.3 is 0 Å². The molecule has 2 rings (SSSR count). The zero-order valence-electron chi connectivity index (χ0n) is 8.16. The van der Waals surface area contributed by atoms with Crippen LogP contribution in [0.2, 0.25) is 0 Å². The number of halogens is 1. The highest BCUT2D eigenvalue weighted by Crippen LogP contribution is 2.37. The molecule has 0 aromatic carbocycles. The van der Waals surface area contributed by atoms with Crippen molar-refractivity contribution in [2.45, 2.75) is 25.2 Å². The fourth-order valence-corrected chi connectivity index (χ4v) is 1.94. The van der Waals surface area contributed by atoms with Gasteiger partial charge in [-0.05, 0) is 37.7 Å². The maximum atomic E-state index is 13.0. The number of hydrogen-bond acceptors (Lipinski definition) is 2. The number of aromatic nitrogens is 1. The zero-order valence-corrected chi connectivity index (χ0v) is 8.16. The van der Waals surface area contributed by atoms with Gasteiger partial charge < -0.3 is 4.74 Å². The molecule has 0 bridgehead atoms. The number of methoxy groups -OCH3 is 1. The van der Waals surface area contributed by atoms with Gasteiger partial charge in [0.2, 0.25) is 5.88 Å². The highest BCUT2D eigenvalue weighted by atomic mass is 19.1. The molecule has 0 amide bonds. The van der Waals surface area contributed by atoms with Crippen molar-refractivity contribution in [2.24, 2.45) is 0 Å². The molecule has 1 aliphatic carbocycles. The Balaban J connectivity index is 2.33. The molecule has 1 radical (unpaired) electrons. The Morgan fingerprint density at radius 2 is 2.43 bits per heavy atom. The Bertz CT molecular complexity index is 321. The van der Waals surface area contributed by atoms with Crippen LogP contribution in [0.1, 0.15) is 30.7 Å². The van der Waals surface area contributed by atoms with Crippen molar-refractivity contribution in [3.8, 4) is 5.88 Å². The lowest BCUT2D eigenvalue weighted by atomic mass is 9.99. The van der Waals surface area contributed by atoms with Gasteiger partial charge in [-0.1, -0.05) is 0 Å². The molecule has 0 saturated heterocycles. The van der Waals surface area contributed by atoms with E-state index in [1.807, 2.05) is 0 Å². The average Bonchev–Trinajstić information content (AvgIpc) is 2.70. The van der Waals surface area contributed by atoms with E-state index in [4.69, 9.17) is 4.74 Å². The summed E-state index contributed by atoms with van der Waals surface area (Å²) in [5, 5.41) is 0. The summed E-state index contributed by atoms with van der Waals surface area (Å²) in [5.41, 5.74) is 0.904. The third-order valence-electron chi connectivity index (χ3n) is 2.65. The van der Waals surface area contributed by atoms with Gasteiger partial charge in [0.05, 0.1) is 13.3 Å². The third-order valence-corrected chi connectivity index (χ3v) is 2.65. The summed E-state index contributed by atoms with van der Waals surface area (Å²) in [6, 6.07) is 1.54. The Labute approximate surface area is 83.1 Å². The summed E-state index contributed by atoms with van der Waals surface area (Å²) in [7, 11) is 1.57. The first-order valence-corrected chi connectivity index (χ1v) is 4.82. The molecule has 75 valence electrons. The van der Waals surface area contributed by atoms with Gasteiger partial charge in [-0.2, -0.15) is 0 Å². The molecule has 0 aliphatic heterocycles. The van der Waals surface area contributed by atoms with Crippen molar-refractivity contribution in [1.29, 1.82) is 0 Å². The lowest BCUT2D eigenvalue weighted by Crippen LogP contribution is -2.00. The lowest BCUT2D eigenvalue weighted by molar-refractivity contribution is 0.386. The monoisotopic (exact) mass is 194 g/mol. The predicted molar refractivity (Wildman–Crippen MR) is 51.6 cm³/mol. The van der Waals surface area contributed by atoms with E-state index in [1.165, 1.54) is 12.3 Å². The number of nitrogens with zero attached hydrogens (tertiary/aromatic N) is 1. The number of rotatable bonds is 2. The molecule has 3 heteroatoms. The van der Waals surface area contributed by atoms with Gasteiger partial charge in [0.1, 0.15) is 5.82 Å². The fraction of sp³-hybridized carbons (Fsp3) is 0.455. The molecule has 1 aromatic heterocycles. The van der Waals surface area contributed by atoms with E-state index >= 15 is 0 Å². The summed E-state index contributed by atoms with van der Waals surface area (Å²) in [6.07, 6.45) is 6.60. The second-order valence-electron chi connectivity index (χ2n) is 3.55. The van der Waals surface area contributed by atoms with Crippen molar-refractivity contribution >= 4 is 0 Å². The van der Waals surface area contributed by atoms with Crippen LogP contribution in [-0.2, 0) is 0 Å². The Morgan fingerprint density at radius 3 is 3.07 bits per heavy atom. The summed E-state index contributed by atoms with van der Waals surface area (Å²) < 4.78 is 18.1. The van der Waals surface area contributed by atoms with Gasteiger partial charge in [-0.25, -0.2) is 9.37 Å². The van der Waals surface area contributed by atoms with Crippen LogP contribution in [0.25, 0.3) is 0 Å². The maximum Gasteiger partial charge on any atom is 0.216 e. The SMILES string of the molecule is COc1ncc(F)cc1C1C[CH]CC1. The van der Waals surface area contributed by atoms with E-state index in [1.54, 1.807) is 7.11 Å². The zero-order chi connectivity index (χ0) is 9.97. The standard InChI is InChI=1S/C11H13FNO/c1-14-11-10(6-9(12)7-13-11)8-4-2-3-5-8/h2,6-8H,3-5H2,1H3. The van der Waals surface area contributed by atoms with Crippen molar-refractivity contribution < 1.29 is 9.13 Å². The van der Waals surface area contributed by atoms with Crippen LogP contribution in [0.5, 0.6) is 5.88 Å². The minimum Gasteiger partial charge on any atom is -0.481 e. The van der Waals surface area contributed by atoms with E-state index in [2.05, 4.69) is 11.4 Å². The Kier molecular flexibility index (Phi) is 2.66. The second-order valence-corrected chi connectivity index (χ2v) is 3.55. The van der Waals surface area contributed by atoms with Crippen LogP contribution in [-0.4, -0.2) is 12.1 Å². The van der Waals surface area contributed by atoms with Crippen molar-refractivity contribution in [3.63, 3.8) is 0 Å². The first kappa shape index (κ1) is 9.44. The highest BCUT2D eigenvalue weighted by Gasteiger charge is 2.21. The molecule has 0 spiro atoms. The number of ether oxygens (including phenoxy) is 1. The molecular formula is C11H13FNO. The molecule has 1 heterocycles. The normalized spacial score (nSPS) is 17.3. The quantitative estimate of drug-likeness (QED) is 0.722. The smallest absolute Gasteiger partial charge is 0.216 e. The molecule has 1 atom stereocenters. The molecule has 1 aromatic rings. The van der Waals surface area contributed by atoms with Crippen molar-refractivity contribution in [2.75, 3.05) is 7.11 Å². The average molecular weight is 194 g/mol. The number of hydrogen-bond donors (Lipinski definition) is 0. The van der Waals surface area contributed by atoms with E-state index in [0.717, 1.165) is 24.8 Å². The first-order valence-electron chi connectivity index (χ1n) is 4.82. The molecule has 2 nitrogen and oxygen atoms in total. The van der Waals surface area contributed by atoms with Crippen LogP contribution in [0.4, 0.5) is 4.39 Å². The lowest BCUT2D eigenvalue weighted by Gasteiger charge is -2.12. The van der Waals surface area contributed by atoms with Gasteiger partial charge in [-0.3, -0.25) is 0 Å². The Hall–Kier alpha value is -1.12. The molecular weight excluding hydrogens is 181 g/mol. The van der Waals surface area contributed by atoms with E-state index in [0.29, 0.717) is 11.8 Å². The second kappa shape index (κ2) is 3.95. The van der Waals surface area contributed by atoms with Crippen LogP contribution < -0.4 is 4.74 Å². The van der Waals surface area contributed by atoms with Crippen LogP contribution >= 0.6 is 0 Å². The molecule has 1 aliphatic rings. The van der Waals surface area contributed by atoms with E-state index in [-0.39, 0.29) is 5.82 Å². The van der Waals surface area contributed by atoms with E-state index in [9.17, 15) is 4.39 Å². The Morgan fingerprint density at radius 1 is 1.57 bits per heavy atom. The summed E-state index contributed by atoms with van der Waals surface area (Å²) >= 11 is 0. The molecule has 14 heavy (non-hydrogen) atoms. The minimum absolute atomic E-state index is 0.285. The maximum absolute atomic E-state index is 13.0. The molecule has 0 N–H and O–H groups in total. The van der Waals surface area contributed by atoms with Gasteiger partial charge in [0, 0.05) is 5.56 Å².